The van der Waals surface area contributed by atoms with Crippen LogP contribution in [0, 0.1) is 0 Å². The zero-order valence-electron chi connectivity index (χ0n) is 13.8. The summed E-state index contributed by atoms with van der Waals surface area (Å²) in [5.74, 6) is 1.88. The maximum Gasteiger partial charge on any atom is 0.161 e. The fourth-order valence-corrected chi connectivity index (χ4v) is 3.40. The van der Waals surface area contributed by atoms with E-state index in [2.05, 4.69) is 36.2 Å². The van der Waals surface area contributed by atoms with Gasteiger partial charge in [0, 0.05) is 24.0 Å². The van der Waals surface area contributed by atoms with Crippen molar-refractivity contribution in [1.82, 2.24) is 4.90 Å². The summed E-state index contributed by atoms with van der Waals surface area (Å²) in [6.45, 7) is 2.01. The first-order valence-electron chi connectivity index (χ1n) is 7.81. The Morgan fingerprint density at radius 1 is 1.04 bits per heavy atom. The van der Waals surface area contributed by atoms with Crippen molar-refractivity contribution in [2.45, 2.75) is 12.3 Å². The maximum atomic E-state index is 6.05. The van der Waals surface area contributed by atoms with Gasteiger partial charge in [0.15, 0.2) is 11.5 Å². The Labute approximate surface area is 142 Å². The highest BCUT2D eigenvalue weighted by atomic mass is 35.5. The summed E-state index contributed by atoms with van der Waals surface area (Å²) in [6.07, 6.45) is 1.01. The van der Waals surface area contributed by atoms with Crippen LogP contribution >= 0.6 is 11.6 Å². The largest absolute Gasteiger partial charge is 0.493 e. The number of likely N-dealkylation sites (N-methyl/N-ethyl adjacent to an activating group) is 1. The molecule has 0 bridgehead atoms. The van der Waals surface area contributed by atoms with Crippen molar-refractivity contribution in [2.75, 3.05) is 34.4 Å². The van der Waals surface area contributed by atoms with Gasteiger partial charge in [-0.2, -0.15) is 0 Å². The Kier molecular flexibility index (Phi) is 4.79. The van der Waals surface area contributed by atoms with Gasteiger partial charge in [0.05, 0.1) is 14.2 Å². The Balaban J connectivity index is 2.11. The van der Waals surface area contributed by atoms with Gasteiger partial charge in [-0.15, -0.1) is 0 Å². The lowest BCUT2D eigenvalue weighted by atomic mass is 9.87. The zero-order valence-corrected chi connectivity index (χ0v) is 14.6. The number of nitrogens with zero attached hydrogens (tertiary/aromatic N) is 1. The van der Waals surface area contributed by atoms with E-state index in [0.717, 1.165) is 36.0 Å². The Morgan fingerprint density at radius 2 is 1.70 bits per heavy atom. The first-order chi connectivity index (χ1) is 11.1. The number of hydrogen-bond donors (Lipinski definition) is 0. The summed E-state index contributed by atoms with van der Waals surface area (Å²) in [6, 6.07) is 12.4. The van der Waals surface area contributed by atoms with Crippen LogP contribution in [0.3, 0.4) is 0 Å². The molecule has 0 aliphatic carbocycles. The molecule has 0 radical (unpaired) electrons. The van der Waals surface area contributed by atoms with E-state index in [4.69, 9.17) is 21.1 Å². The van der Waals surface area contributed by atoms with E-state index in [1.54, 1.807) is 14.2 Å². The molecule has 2 aromatic carbocycles. The number of halogens is 1. The fraction of sp³-hybridized carbons (Fsp3) is 0.368. The normalized spacial score (nSPS) is 18.2. The predicted molar refractivity (Wildman–Crippen MR) is 94.0 cm³/mol. The number of rotatable bonds is 3. The number of fused-ring (bicyclic) bond motifs is 1. The van der Waals surface area contributed by atoms with Crippen LogP contribution in [0.15, 0.2) is 36.4 Å². The number of methoxy groups -OCH3 is 2. The van der Waals surface area contributed by atoms with E-state index < -0.39 is 0 Å². The Morgan fingerprint density at radius 3 is 2.35 bits per heavy atom. The highest BCUT2D eigenvalue weighted by Gasteiger charge is 2.25. The molecular weight excluding hydrogens is 310 g/mol. The quantitative estimate of drug-likeness (QED) is 0.849. The van der Waals surface area contributed by atoms with Gasteiger partial charge in [-0.3, -0.25) is 0 Å². The van der Waals surface area contributed by atoms with Gasteiger partial charge >= 0.3 is 0 Å². The van der Waals surface area contributed by atoms with Gasteiger partial charge in [0.25, 0.3) is 0 Å². The molecule has 4 heteroatoms. The number of benzene rings is 2. The van der Waals surface area contributed by atoms with Crippen molar-refractivity contribution in [1.29, 1.82) is 0 Å². The average molecular weight is 332 g/mol. The highest BCUT2D eigenvalue weighted by Crippen LogP contribution is 2.38. The molecule has 0 N–H and O–H groups in total. The van der Waals surface area contributed by atoms with E-state index in [9.17, 15) is 0 Å². The van der Waals surface area contributed by atoms with Crippen molar-refractivity contribution in [3.8, 4) is 11.5 Å². The van der Waals surface area contributed by atoms with E-state index >= 15 is 0 Å². The third kappa shape index (κ3) is 3.31. The number of ether oxygens (including phenoxy) is 2. The average Bonchev–Trinajstić information content (AvgIpc) is 2.73. The monoisotopic (exact) mass is 331 g/mol. The highest BCUT2D eigenvalue weighted by molar-refractivity contribution is 6.30. The lowest BCUT2D eigenvalue weighted by molar-refractivity contribution is 0.338. The van der Waals surface area contributed by atoms with Crippen LogP contribution in [0.1, 0.15) is 22.6 Å². The van der Waals surface area contributed by atoms with Gasteiger partial charge in [0.2, 0.25) is 0 Å². The number of hydrogen-bond acceptors (Lipinski definition) is 3. The summed E-state index contributed by atoms with van der Waals surface area (Å²) in [5, 5.41) is 0.767. The van der Waals surface area contributed by atoms with Gasteiger partial charge < -0.3 is 14.4 Å². The molecule has 0 spiro atoms. The van der Waals surface area contributed by atoms with Crippen LogP contribution in [0.5, 0.6) is 11.5 Å². The van der Waals surface area contributed by atoms with Crippen molar-refractivity contribution in [3.63, 3.8) is 0 Å². The van der Waals surface area contributed by atoms with Crippen molar-refractivity contribution in [3.05, 3.63) is 58.1 Å². The van der Waals surface area contributed by atoms with Crippen LogP contribution in [0.25, 0.3) is 0 Å². The fourth-order valence-electron chi connectivity index (χ4n) is 3.27. The summed E-state index contributed by atoms with van der Waals surface area (Å²) in [7, 11) is 5.54. The molecule has 2 aromatic rings. The van der Waals surface area contributed by atoms with E-state index in [0.29, 0.717) is 5.92 Å². The molecule has 1 aliphatic rings. The molecule has 1 atom stereocenters. The second kappa shape index (κ2) is 6.81. The zero-order chi connectivity index (χ0) is 16.4. The van der Waals surface area contributed by atoms with Gasteiger partial charge in [-0.1, -0.05) is 23.7 Å². The van der Waals surface area contributed by atoms with Crippen molar-refractivity contribution >= 4 is 11.6 Å². The second-order valence-electron chi connectivity index (χ2n) is 6.02. The molecule has 1 aliphatic heterocycles. The third-order valence-electron chi connectivity index (χ3n) is 4.55. The van der Waals surface area contributed by atoms with Crippen LogP contribution in [0.2, 0.25) is 5.02 Å². The molecule has 122 valence electrons. The molecule has 0 aromatic heterocycles. The minimum atomic E-state index is 0.301. The molecule has 1 heterocycles. The molecule has 0 saturated heterocycles. The third-order valence-corrected chi connectivity index (χ3v) is 4.80. The van der Waals surface area contributed by atoms with E-state index in [-0.39, 0.29) is 0 Å². The molecule has 0 saturated carbocycles. The van der Waals surface area contributed by atoms with Crippen LogP contribution < -0.4 is 9.47 Å². The van der Waals surface area contributed by atoms with Gasteiger partial charge in [-0.25, -0.2) is 0 Å². The van der Waals surface area contributed by atoms with Crippen molar-refractivity contribution in [2.24, 2.45) is 0 Å². The van der Waals surface area contributed by atoms with E-state index in [1.165, 1.54) is 16.7 Å². The summed E-state index contributed by atoms with van der Waals surface area (Å²) >= 11 is 6.05. The molecule has 23 heavy (non-hydrogen) atoms. The maximum absolute atomic E-state index is 6.05. The summed E-state index contributed by atoms with van der Waals surface area (Å²) < 4.78 is 11.0. The SMILES string of the molecule is COc1cc2c(cc1OC)C(c1ccc(Cl)cc1)CN(C)CC2. The first kappa shape index (κ1) is 16.2. The molecule has 3 rings (SSSR count). The lowest BCUT2D eigenvalue weighted by Crippen LogP contribution is -2.24. The van der Waals surface area contributed by atoms with Gasteiger partial charge in [0.1, 0.15) is 0 Å². The second-order valence-corrected chi connectivity index (χ2v) is 6.46. The summed E-state index contributed by atoms with van der Waals surface area (Å²) in [4.78, 5) is 2.37. The minimum absolute atomic E-state index is 0.301. The lowest BCUT2D eigenvalue weighted by Gasteiger charge is -2.23. The standard InChI is InChI=1S/C19H22ClNO2/c1-21-9-8-14-10-18(22-2)19(23-3)11-16(14)17(12-21)13-4-6-15(20)7-5-13/h4-7,10-11,17H,8-9,12H2,1-3H3. The predicted octanol–water partition coefficient (Wildman–Crippen LogP) is 3.98. The molecule has 0 fully saturated rings. The van der Waals surface area contributed by atoms with Gasteiger partial charge in [-0.05, 0) is 54.4 Å². The van der Waals surface area contributed by atoms with Crippen molar-refractivity contribution < 1.29 is 9.47 Å². The topological polar surface area (TPSA) is 21.7 Å². The smallest absolute Gasteiger partial charge is 0.161 e. The molecular formula is C19H22ClNO2. The van der Waals surface area contributed by atoms with Crippen LogP contribution in [-0.4, -0.2) is 39.3 Å². The van der Waals surface area contributed by atoms with Crippen LogP contribution in [0.4, 0.5) is 0 Å². The minimum Gasteiger partial charge on any atom is -0.493 e. The molecule has 3 nitrogen and oxygen atoms in total. The Bertz CT molecular complexity index is 685. The first-order valence-corrected chi connectivity index (χ1v) is 8.19. The molecule has 1 unspecified atom stereocenters. The van der Waals surface area contributed by atoms with E-state index in [1.807, 2.05) is 12.1 Å². The Hall–Kier alpha value is -1.71. The molecule has 0 amide bonds. The summed E-state index contributed by atoms with van der Waals surface area (Å²) in [5.41, 5.74) is 3.91. The van der Waals surface area contributed by atoms with Crippen LogP contribution in [-0.2, 0) is 6.42 Å².